The average Bonchev–Trinajstić information content (AvgIpc) is 2.44. The molecule has 0 radical (unpaired) electrons. The first-order valence-electron chi connectivity index (χ1n) is 5.79. The number of benzene rings is 1. The zero-order valence-electron chi connectivity index (χ0n) is 10.6. The fourth-order valence-electron chi connectivity index (χ4n) is 1.58. The number of hydrazine groups is 1. The Balaban J connectivity index is 2.19. The van der Waals surface area contributed by atoms with Crippen LogP contribution >= 0.6 is 11.6 Å². The van der Waals surface area contributed by atoms with Gasteiger partial charge in [0.25, 0.3) is 0 Å². The van der Waals surface area contributed by atoms with Crippen LogP contribution in [-0.4, -0.2) is 9.97 Å². The molecular weight excluding hydrogens is 307 g/mol. The van der Waals surface area contributed by atoms with Gasteiger partial charge in [0, 0.05) is 17.6 Å². The Kier molecular flexibility index (Phi) is 4.49. The minimum atomic E-state index is -4.65. The summed E-state index contributed by atoms with van der Waals surface area (Å²) in [6.45, 7) is 0.263. The molecule has 0 atom stereocenters. The van der Waals surface area contributed by atoms with E-state index in [1.165, 1.54) is 6.07 Å². The molecule has 2 rings (SSSR count). The summed E-state index contributed by atoms with van der Waals surface area (Å²) in [5, 5.41) is 3.31. The summed E-state index contributed by atoms with van der Waals surface area (Å²) in [4.78, 5) is 6.67. The van der Waals surface area contributed by atoms with Gasteiger partial charge in [-0.25, -0.2) is 15.8 Å². The Bertz CT molecular complexity index is 633. The molecule has 1 aromatic heterocycles. The molecule has 9 heteroatoms. The number of nitrogen functional groups attached to an aromatic ring is 1. The largest absolute Gasteiger partial charge is 0.451 e. The molecule has 0 aliphatic carbocycles. The van der Waals surface area contributed by atoms with Crippen molar-refractivity contribution in [3.05, 3.63) is 46.7 Å². The molecule has 0 aliphatic heterocycles. The third-order valence-corrected chi connectivity index (χ3v) is 2.73. The minimum Gasteiger partial charge on any atom is -0.366 e. The Morgan fingerprint density at radius 3 is 2.48 bits per heavy atom. The molecule has 0 spiro atoms. The first-order chi connectivity index (χ1) is 9.88. The fraction of sp³-hybridized carbons (Fsp3) is 0.167. The zero-order chi connectivity index (χ0) is 15.5. The van der Waals surface area contributed by atoms with E-state index in [0.29, 0.717) is 5.02 Å². The van der Waals surface area contributed by atoms with Crippen molar-refractivity contribution in [2.75, 3.05) is 10.7 Å². The topological polar surface area (TPSA) is 75.9 Å². The van der Waals surface area contributed by atoms with E-state index in [-0.39, 0.29) is 18.2 Å². The molecule has 0 bridgehead atoms. The Labute approximate surface area is 123 Å². The summed E-state index contributed by atoms with van der Waals surface area (Å²) in [6.07, 6.45) is -4.65. The molecular formula is C12H11ClF3N5. The first kappa shape index (κ1) is 15.3. The van der Waals surface area contributed by atoms with Gasteiger partial charge in [0.05, 0.1) is 0 Å². The van der Waals surface area contributed by atoms with Crippen LogP contribution < -0.4 is 16.6 Å². The van der Waals surface area contributed by atoms with Gasteiger partial charge in [0.2, 0.25) is 5.82 Å². The van der Waals surface area contributed by atoms with Gasteiger partial charge in [-0.2, -0.15) is 13.2 Å². The number of hydrogen-bond donors (Lipinski definition) is 3. The van der Waals surface area contributed by atoms with Crippen LogP contribution in [0, 0.1) is 0 Å². The third kappa shape index (κ3) is 4.20. The third-order valence-electron chi connectivity index (χ3n) is 2.49. The van der Waals surface area contributed by atoms with E-state index in [9.17, 15) is 13.2 Å². The van der Waals surface area contributed by atoms with Gasteiger partial charge in [0.15, 0.2) is 0 Å². The van der Waals surface area contributed by atoms with Crippen LogP contribution in [0.4, 0.5) is 24.8 Å². The number of hydrogen-bond acceptors (Lipinski definition) is 5. The number of rotatable bonds is 4. The van der Waals surface area contributed by atoms with Gasteiger partial charge in [-0.3, -0.25) is 0 Å². The smallest absolute Gasteiger partial charge is 0.366 e. The van der Waals surface area contributed by atoms with Gasteiger partial charge < -0.3 is 10.7 Å². The van der Waals surface area contributed by atoms with Crippen molar-refractivity contribution in [2.45, 2.75) is 12.7 Å². The van der Waals surface area contributed by atoms with Crippen molar-refractivity contribution in [1.82, 2.24) is 9.97 Å². The molecule has 4 N–H and O–H groups in total. The van der Waals surface area contributed by atoms with Crippen molar-refractivity contribution in [1.29, 1.82) is 0 Å². The van der Waals surface area contributed by atoms with Crippen LogP contribution in [0.2, 0.25) is 5.02 Å². The van der Waals surface area contributed by atoms with Crippen LogP contribution in [0.3, 0.4) is 0 Å². The van der Waals surface area contributed by atoms with Gasteiger partial charge >= 0.3 is 6.18 Å². The predicted octanol–water partition coefficient (Wildman–Crippen LogP) is 3.05. The molecule has 0 saturated heterocycles. The molecule has 1 aromatic carbocycles. The number of nitrogens with one attached hydrogen (secondary N) is 2. The first-order valence-corrected chi connectivity index (χ1v) is 6.17. The highest BCUT2D eigenvalue weighted by atomic mass is 35.5. The maximum absolute atomic E-state index is 12.7. The van der Waals surface area contributed by atoms with Crippen LogP contribution in [0.15, 0.2) is 30.3 Å². The summed E-state index contributed by atoms with van der Waals surface area (Å²) in [5.74, 6) is 3.70. The number of nitrogens with zero attached hydrogens (tertiary/aromatic N) is 2. The Hall–Kier alpha value is -2.06. The van der Waals surface area contributed by atoms with Crippen molar-refractivity contribution in [2.24, 2.45) is 5.84 Å². The van der Waals surface area contributed by atoms with E-state index >= 15 is 0 Å². The van der Waals surface area contributed by atoms with Crippen LogP contribution in [0.1, 0.15) is 11.4 Å². The van der Waals surface area contributed by atoms with E-state index in [4.69, 9.17) is 17.4 Å². The molecule has 5 nitrogen and oxygen atoms in total. The van der Waals surface area contributed by atoms with E-state index in [1.54, 1.807) is 24.3 Å². The van der Waals surface area contributed by atoms with Crippen molar-refractivity contribution in [3.63, 3.8) is 0 Å². The van der Waals surface area contributed by atoms with Gasteiger partial charge in [-0.05, 0) is 17.7 Å². The highest BCUT2D eigenvalue weighted by Gasteiger charge is 2.35. The monoisotopic (exact) mass is 317 g/mol. The lowest BCUT2D eigenvalue weighted by Crippen LogP contribution is -2.17. The summed E-state index contributed by atoms with van der Waals surface area (Å²) >= 11 is 5.83. The molecule has 2 aromatic rings. The van der Waals surface area contributed by atoms with E-state index in [0.717, 1.165) is 5.56 Å². The summed E-state index contributed by atoms with van der Waals surface area (Å²) in [7, 11) is 0. The molecule has 21 heavy (non-hydrogen) atoms. The van der Waals surface area contributed by atoms with E-state index in [1.807, 2.05) is 0 Å². The summed E-state index contributed by atoms with van der Waals surface area (Å²) in [6, 6.07) is 8.20. The Morgan fingerprint density at radius 1 is 1.14 bits per heavy atom. The van der Waals surface area contributed by atoms with Crippen LogP contribution in [-0.2, 0) is 12.7 Å². The van der Waals surface area contributed by atoms with E-state index in [2.05, 4.69) is 20.7 Å². The second kappa shape index (κ2) is 6.15. The molecule has 0 amide bonds. The van der Waals surface area contributed by atoms with Gasteiger partial charge in [0.1, 0.15) is 11.6 Å². The normalized spacial score (nSPS) is 11.3. The highest BCUT2D eigenvalue weighted by molar-refractivity contribution is 6.30. The summed E-state index contributed by atoms with van der Waals surface area (Å²) in [5.41, 5.74) is 2.88. The lowest BCUT2D eigenvalue weighted by atomic mass is 10.2. The second-order valence-corrected chi connectivity index (χ2v) is 4.52. The molecule has 0 unspecified atom stereocenters. The number of halogens is 4. The highest BCUT2D eigenvalue weighted by Crippen LogP contribution is 2.28. The lowest BCUT2D eigenvalue weighted by Gasteiger charge is -2.11. The van der Waals surface area contributed by atoms with Crippen molar-refractivity contribution < 1.29 is 13.2 Å². The van der Waals surface area contributed by atoms with Crippen molar-refractivity contribution >= 4 is 23.2 Å². The van der Waals surface area contributed by atoms with Crippen LogP contribution in [0.5, 0.6) is 0 Å². The fourth-order valence-corrected chi connectivity index (χ4v) is 1.79. The SMILES string of the molecule is NNc1cc(NCc2cccc(Cl)c2)nc(C(F)(F)F)n1. The Morgan fingerprint density at radius 2 is 1.86 bits per heavy atom. The van der Waals surface area contributed by atoms with Gasteiger partial charge in [-0.15, -0.1) is 0 Å². The predicted molar refractivity (Wildman–Crippen MR) is 73.6 cm³/mol. The maximum Gasteiger partial charge on any atom is 0.451 e. The maximum atomic E-state index is 12.7. The molecule has 112 valence electrons. The molecule has 0 fully saturated rings. The quantitative estimate of drug-likeness (QED) is 0.597. The molecule has 0 aliphatic rings. The average molecular weight is 318 g/mol. The standard InChI is InChI=1S/C12H11ClF3N5/c13-8-3-1-2-7(4-8)6-18-9-5-10(21-17)20-11(19-9)12(14,15)16/h1-5H,6,17H2,(H2,18,19,20,21). The minimum absolute atomic E-state index is 0.00486. The second-order valence-electron chi connectivity index (χ2n) is 4.09. The van der Waals surface area contributed by atoms with Gasteiger partial charge in [-0.1, -0.05) is 23.7 Å². The summed E-state index contributed by atoms with van der Waals surface area (Å²) < 4.78 is 38.0. The number of alkyl halides is 3. The van der Waals surface area contributed by atoms with E-state index < -0.39 is 12.0 Å². The lowest BCUT2D eigenvalue weighted by molar-refractivity contribution is -0.144. The van der Waals surface area contributed by atoms with Crippen molar-refractivity contribution in [3.8, 4) is 0 Å². The molecule has 0 saturated carbocycles. The molecule has 1 heterocycles. The zero-order valence-corrected chi connectivity index (χ0v) is 11.3. The number of anilines is 2. The number of aromatic nitrogens is 2. The number of nitrogens with two attached hydrogens (primary N) is 1. The van der Waals surface area contributed by atoms with Crippen LogP contribution in [0.25, 0.3) is 0 Å².